The van der Waals surface area contributed by atoms with Gasteiger partial charge in [-0.1, -0.05) is 0 Å². The number of hydrogen-bond donors (Lipinski definition) is 6. The van der Waals surface area contributed by atoms with Crippen LogP contribution < -0.4 is 21.7 Å². The molecule has 1 aromatic heterocycles. The molecule has 2 aromatic rings. The predicted octanol–water partition coefficient (Wildman–Crippen LogP) is 1.80. The first-order chi connectivity index (χ1) is 12.4. The SMILES string of the molecule is NC(=O)Nc1sc(-c2ccc(O)c(O)c2)cc1C(=O)NC1CCNCC1. The number of aromatic hydroxyl groups is 2. The fourth-order valence-electron chi connectivity index (χ4n) is 2.81. The van der Waals surface area contributed by atoms with E-state index in [0.717, 1.165) is 25.9 Å². The number of carbonyl (C=O) groups excluding carboxylic acids is 2. The van der Waals surface area contributed by atoms with Gasteiger partial charge >= 0.3 is 6.03 Å². The van der Waals surface area contributed by atoms with Crippen molar-refractivity contribution in [2.75, 3.05) is 18.4 Å². The van der Waals surface area contributed by atoms with Gasteiger partial charge in [-0.05, 0) is 55.8 Å². The first-order valence-corrected chi connectivity index (χ1v) is 9.00. The summed E-state index contributed by atoms with van der Waals surface area (Å²) < 4.78 is 0. The number of urea groups is 1. The highest BCUT2D eigenvalue weighted by molar-refractivity contribution is 7.20. The number of primary amides is 1. The highest BCUT2D eigenvalue weighted by Crippen LogP contribution is 2.38. The van der Waals surface area contributed by atoms with Crippen LogP contribution in [-0.4, -0.2) is 41.3 Å². The second-order valence-electron chi connectivity index (χ2n) is 6.04. The van der Waals surface area contributed by atoms with E-state index in [-0.39, 0.29) is 23.4 Å². The van der Waals surface area contributed by atoms with E-state index < -0.39 is 6.03 Å². The molecule has 3 rings (SSSR count). The van der Waals surface area contributed by atoms with Crippen molar-refractivity contribution in [1.29, 1.82) is 0 Å². The zero-order valence-corrected chi connectivity index (χ0v) is 14.7. The first-order valence-electron chi connectivity index (χ1n) is 8.18. The number of hydrogen-bond acceptors (Lipinski definition) is 6. The Kier molecular flexibility index (Phi) is 5.29. The third-order valence-electron chi connectivity index (χ3n) is 4.15. The average Bonchev–Trinajstić information content (AvgIpc) is 3.01. The lowest BCUT2D eigenvalue weighted by atomic mass is 10.1. The van der Waals surface area contributed by atoms with E-state index in [1.54, 1.807) is 12.1 Å². The summed E-state index contributed by atoms with van der Waals surface area (Å²) in [6.07, 6.45) is 1.68. The summed E-state index contributed by atoms with van der Waals surface area (Å²) in [6, 6.07) is 5.32. The van der Waals surface area contributed by atoms with Crippen LogP contribution in [0, 0.1) is 0 Å². The van der Waals surface area contributed by atoms with Crippen molar-refractivity contribution in [3.05, 3.63) is 29.8 Å². The molecular formula is C17H20N4O4S. The number of phenols is 2. The molecule has 0 saturated carbocycles. The van der Waals surface area contributed by atoms with Crippen LogP contribution in [0.5, 0.6) is 11.5 Å². The number of anilines is 1. The summed E-state index contributed by atoms with van der Waals surface area (Å²) >= 11 is 1.17. The van der Waals surface area contributed by atoms with Crippen molar-refractivity contribution in [2.45, 2.75) is 18.9 Å². The highest BCUT2D eigenvalue weighted by atomic mass is 32.1. The van der Waals surface area contributed by atoms with Gasteiger partial charge in [0, 0.05) is 10.9 Å². The molecule has 138 valence electrons. The van der Waals surface area contributed by atoms with Gasteiger partial charge in [0.15, 0.2) is 11.5 Å². The van der Waals surface area contributed by atoms with Gasteiger partial charge < -0.3 is 26.6 Å². The van der Waals surface area contributed by atoms with Crippen LogP contribution >= 0.6 is 11.3 Å². The van der Waals surface area contributed by atoms with Gasteiger partial charge in [-0.15, -0.1) is 11.3 Å². The lowest BCUT2D eigenvalue weighted by Crippen LogP contribution is -2.42. The number of carbonyl (C=O) groups is 2. The van der Waals surface area contributed by atoms with Gasteiger partial charge in [0.05, 0.1) is 5.56 Å². The topological polar surface area (TPSA) is 137 Å². The van der Waals surface area contributed by atoms with Gasteiger partial charge in [0.2, 0.25) is 0 Å². The number of thiophene rings is 1. The van der Waals surface area contributed by atoms with Crippen LogP contribution in [0.15, 0.2) is 24.3 Å². The number of benzene rings is 1. The predicted molar refractivity (Wildman–Crippen MR) is 99.6 cm³/mol. The maximum atomic E-state index is 12.7. The number of nitrogens with two attached hydrogens (primary N) is 1. The molecule has 26 heavy (non-hydrogen) atoms. The van der Waals surface area contributed by atoms with E-state index >= 15 is 0 Å². The summed E-state index contributed by atoms with van der Waals surface area (Å²) in [5, 5.41) is 28.2. The Balaban J connectivity index is 1.89. The Morgan fingerprint density at radius 1 is 1.15 bits per heavy atom. The van der Waals surface area contributed by atoms with Crippen molar-refractivity contribution in [2.24, 2.45) is 5.73 Å². The molecule has 9 heteroatoms. The minimum atomic E-state index is -0.761. The molecule has 1 saturated heterocycles. The van der Waals surface area contributed by atoms with E-state index in [1.165, 1.54) is 23.5 Å². The van der Waals surface area contributed by atoms with Crippen molar-refractivity contribution in [3.63, 3.8) is 0 Å². The van der Waals surface area contributed by atoms with Crippen LogP contribution in [0.1, 0.15) is 23.2 Å². The van der Waals surface area contributed by atoms with Gasteiger partial charge in [-0.2, -0.15) is 0 Å². The molecule has 1 aromatic carbocycles. The van der Waals surface area contributed by atoms with E-state index in [0.29, 0.717) is 21.0 Å². The molecular weight excluding hydrogens is 356 g/mol. The molecule has 1 aliphatic heterocycles. The van der Waals surface area contributed by atoms with Gasteiger partial charge in [0.1, 0.15) is 5.00 Å². The van der Waals surface area contributed by atoms with Crippen molar-refractivity contribution >= 4 is 28.3 Å². The summed E-state index contributed by atoms with van der Waals surface area (Å²) in [7, 11) is 0. The number of phenolic OH excluding ortho intramolecular Hbond substituents is 2. The maximum Gasteiger partial charge on any atom is 0.317 e. The van der Waals surface area contributed by atoms with E-state index in [2.05, 4.69) is 16.0 Å². The number of rotatable bonds is 4. The second-order valence-corrected chi connectivity index (χ2v) is 7.10. The minimum Gasteiger partial charge on any atom is -0.504 e. The molecule has 0 aliphatic carbocycles. The standard InChI is InChI=1S/C17H20N4O4S/c18-17(25)21-16-11(15(24)20-10-3-5-19-6-4-10)8-14(26-16)9-1-2-12(22)13(23)7-9/h1-2,7-8,10,19,22-23H,3-6H2,(H,20,24)(H3,18,21,25). The Hall–Kier alpha value is -2.78. The third-order valence-corrected chi connectivity index (χ3v) is 5.25. The summed E-state index contributed by atoms with van der Waals surface area (Å²) in [6.45, 7) is 1.69. The molecule has 7 N–H and O–H groups in total. The van der Waals surface area contributed by atoms with Crippen LogP contribution in [0.25, 0.3) is 10.4 Å². The highest BCUT2D eigenvalue weighted by Gasteiger charge is 2.22. The molecule has 1 aliphatic rings. The van der Waals surface area contributed by atoms with Crippen molar-refractivity contribution < 1.29 is 19.8 Å². The average molecular weight is 376 g/mol. The lowest BCUT2D eigenvalue weighted by Gasteiger charge is -2.23. The minimum absolute atomic E-state index is 0.0752. The van der Waals surface area contributed by atoms with Crippen LogP contribution in [0.2, 0.25) is 0 Å². The van der Waals surface area contributed by atoms with Crippen LogP contribution in [-0.2, 0) is 0 Å². The Bertz CT molecular complexity index is 830. The normalized spacial score (nSPS) is 14.8. The smallest absolute Gasteiger partial charge is 0.317 e. The van der Waals surface area contributed by atoms with E-state index in [4.69, 9.17) is 5.73 Å². The quantitative estimate of drug-likeness (QED) is 0.452. The summed E-state index contributed by atoms with van der Waals surface area (Å²) in [5.41, 5.74) is 6.14. The van der Waals surface area contributed by atoms with Crippen molar-refractivity contribution in [1.82, 2.24) is 10.6 Å². The van der Waals surface area contributed by atoms with Gasteiger partial charge in [-0.25, -0.2) is 4.79 Å². The number of piperidine rings is 1. The third kappa shape index (κ3) is 4.06. The molecule has 0 bridgehead atoms. The maximum absolute atomic E-state index is 12.7. The van der Waals surface area contributed by atoms with Crippen LogP contribution in [0.4, 0.5) is 9.80 Å². The fourth-order valence-corrected chi connectivity index (χ4v) is 3.87. The molecule has 0 unspecified atom stereocenters. The van der Waals surface area contributed by atoms with E-state index in [9.17, 15) is 19.8 Å². The second kappa shape index (κ2) is 7.63. The van der Waals surface area contributed by atoms with Crippen molar-refractivity contribution in [3.8, 4) is 21.9 Å². The first kappa shape index (κ1) is 18.0. The zero-order chi connectivity index (χ0) is 18.7. The summed E-state index contributed by atoms with van der Waals surface area (Å²) in [5.74, 6) is -0.781. The van der Waals surface area contributed by atoms with Gasteiger partial charge in [-0.3, -0.25) is 10.1 Å². The molecule has 1 fully saturated rings. The lowest BCUT2D eigenvalue weighted by molar-refractivity contribution is 0.0931. The zero-order valence-electron chi connectivity index (χ0n) is 13.9. The Labute approximate surface area is 154 Å². The Morgan fingerprint density at radius 2 is 1.88 bits per heavy atom. The molecule has 2 heterocycles. The van der Waals surface area contributed by atoms with Crippen LogP contribution in [0.3, 0.4) is 0 Å². The molecule has 3 amide bonds. The number of nitrogens with one attached hydrogen (secondary N) is 3. The monoisotopic (exact) mass is 376 g/mol. The molecule has 0 atom stereocenters. The number of amides is 3. The van der Waals surface area contributed by atoms with Gasteiger partial charge in [0.25, 0.3) is 5.91 Å². The van der Waals surface area contributed by atoms with E-state index in [1.807, 2.05) is 0 Å². The Morgan fingerprint density at radius 3 is 2.54 bits per heavy atom. The molecule has 0 spiro atoms. The fraction of sp³-hybridized carbons (Fsp3) is 0.294. The molecule has 8 nitrogen and oxygen atoms in total. The summed E-state index contributed by atoms with van der Waals surface area (Å²) in [4.78, 5) is 24.6. The largest absolute Gasteiger partial charge is 0.504 e. The molecule has 0 radical (unpaired) electrons.